The Bertz CT molecular complexity index is 853. The SMILES string of the molecule is C[C@@H]1C[C@H]1c1ccc(CN(C)Cc2ncc(-c3ccc(Cl)cc3)o2)o1. The van der Waals surface area contributed by atoms with E-state index in [0.29, 0.717) is 23.4 Å². The first-order chi connectivity index (χ1) is 12.1. The first-order valence-corrected chi connectivity index (χ1v) is 8.94. The van der Waals surface area contributed by atoms with Crippen LogP contribution in [0.2, 0.25) is 5.02 Å². The number of rotatable bonds is 6. The second-order valence-electron chi connectivity index (χ2n) is 6.92. The van der Waals surface area contributed by atoms with Crippen molar-refractivity contribution in [2.24, 2.45) is 5.92 Å². The molecular weight excluding hydrogens is 336 g/mol. The molecule has 0 amide bonds. The summed E-state index contributed by atoms with van der Waals surface area (Å²) in [6.45, 7) is 3.63. The van der Waals surface area contributed by atoms with E-state index in [9.17, 15) is 0 Å². The van der Waals surface area contributed by atoms with Crippen molar-refractivity contribution < 1.29 is 8.83 Å². The molecule has 2 aromatic heterocycles. The van der Waals surface area contributed by atoms with Crippen molar-refractivity contribution in [2.45, 2.75) is 32.4 Å². The standard InChI is InChI=1S/C20H21ClN2O2/c1-13-9-17(13)18-8-7-16(24-18)11-23(2)12-20-22-10-19(25-20)14-3-5-15(21)6-4-14/h3-8,10,13,17H,9,11-12H2,1-2H3/t13-,17-/m1/s1. The van der Waals surface area contributed by atoms with Gasteiger partial charge >= 0.3 is 0 Å². The van der Waals surface area contributed by atoms with Crippen molar-refractivity contribution in [3.05, 3.63) is 65.0 Å². The van der Waals surface area contributed by atoms with E-state index in [1.807, 2.05) is 31.3 Å². The van der Waals surface area contributed by atoms with Gasteiger partial charge in [-0.15, -0.1) is 0 Å². The molecule has 0 N–H and O–H groups in total. The summed E-state index contributed by atoms with van der Waals surface area (Å²) in [4.78, 5) is 6.51. The fraction of sp³-hybridized carbons (Fsp3) is 0.350. The van der Waals surface area contributed by atoms with Gasteiger partial charge in [-0.05, 0) is 55.8 Å². The van der Waals surface area contributed by atoms with Crippen LogP contribution < -0.4 is 0 Å². The number of oxazole rings is 1. The van der Waals surface area contributed by atoms with Crippen LogP contribution >= 0.6 is 11.6 Å². The van der Waals surface area contributed by atoms with Crippen LogP contribution in [0.3, 0.4) is 0 Å². The Hall–Kier alpha value is -2.04. The van der Waals surface area contributed by atoms with Crippen molar-refractivity contribution in [1.82, 2.24) is 9.88 Å². The maximum Gasteiger partial charge on any atom is 0.209 e. The van der Waals surface area contributed by atoms with E-state index >= 15 is 0 Å². The van der Waals surface area contributed by atoms with Crippen LogP contribution in [0.4, 0.5) is 0 Å². The van der Waals surface area contributed by atoms with Crippen molar-refractivity contribution in [3.63, 3.8) is 0 Å². The monoisotopic (exact) mass is 356 g/mol. The summed E-state index contributed by atoms with van der Waals surface area (Å²) in [5, 5.41) is 0.710. The van der Waals surface area contributed by atoms with Gasteiger partial charge in [-0.25, -0.2) is 4.98 Å². The number of aromatic nitrogens is 1. The minimum absolute atomic E-state index is 0.618. The Morgan fingerprint density at radius 3 is 2.60 bits per heavy atom. The number of hydrogen-bond donors (Lipinski definition) is 0. The third kappa shape index (κ3) is 3.80. The highest BCUT2D eigenvalue weighted by atomic mass is 35.5. The zero-order valence-electron chi connectivity index (χ0n) is 14.4. The molecule has 1 saturated carbocycles. The highest BCUT2D eigenvalue weighted by molar-refractivity contribution is 6.30. The summed E-state index contributed by atoms with van der Waals surface area (Å²) in [6.07, 6.45) is 3.00. The summed E-state index contributed by atoms with van der Waals surface area (Å²) in [5.41, 5.74) is 0.972. The quantitative estimate of drug-likeness (QED) is 0.597. The molecular formula is C20H21ClN2O2. The zero-order chi connectivity index (χ0) is 17.4. The van der Waals surface area contributed by atoms with Crippen LogP contribution in [0.5, 0.6) is 0 Å². The van der Waals surface area contributed by atoms with Gasteiger partial charge in [0.05, 0.1) is 19.3 Å². The second kappa shape index (κ2) is 6.70. The van der Waals surface area contributed by atoms with Gasteiger partial charge in [0.2, 0.25) is 5.89 Å². The van der Waals surface area contributed by atoms with E-state index < -0.39 is 0 Å². The zero-order valence-corrected chi connectivity index (χ0v) is 15.2. The van der Waals surface area contributed by atoms with Gasteiger partial charge in [0.15, 0.2) is 5.76 Å². The van der Waals surface area contributed by atoms with Crippen molar-refractivity contribution in [3.8, 4) is 11.3 Å². The van der Waals surface area contributed by atoms with Gasteiger partial charge in [0.1, 0.15) is 11.5 Å². The third-order valence-corrected chi connectivity index (χ3v) is 4.92. The van der Waals surface area contributed by atoms with Crippen LogP contribution in [0.1, 0.15) is 36.7 Å². The maximum absolute atomic E-state index is 5.97. The fourth-order valence-corrected chi connectivity index (χ4v) is 3.21. The molecule has 5 heteroatoms. The summed E-state index contributed by atoms with van der Waals surface area (Å²) in [6, 6.07) is 11.7. The smallest absolute Gasteiger partial charge is 0.209 e. The largest absolute Gasteiger partial charge is 0.464 e. The van der Waals surface area contributed by atoms with Crippen LogP contribution in [-0.2, 0) is 13.1 Å². The summed E-state index contributed by atoms with van der Waals surface area (Å²) >= 11 is 5.92. The predicted molar refractivity (Wildman–Crippen MR) is 97.4 cm³/mol. The minimum Gasteiger partial charge on any atom is -0.464 e. The Labute approximate surface area is 152 Å². The Morgan fingerprint density at radius 2 is 1.88 bits per heavy atom. The second-order valence-corrected chi connectivity index (χ2v) is 7.36. The molecule has 4 rings (SSSR count). The molecule has 1 fully saturated rings. The van der Waals surface area contributed by atoms with Gasteiger partial charge in [-0.1, -0.05) is 18.5 Å². The average Bonchev–Trinajstić information content (AvgIpc) is 2.99. The Kier molecular flexibility index (Phi) is 4.40. The number of nitrogens with zero attached hydrogens (tertiary/aromatic N) is 2. The fourth-order valence-electron chi connectivity index (χ4n) is 3.08. The van der Waals surface area contributed by atoms with Crippen molar-refractivity contribution in [1.29, 1.82) is 0 Å². The van der Waals surface area contributed by atoms with Crippen LogP contribution in [0, 0.1) is 5.92 Å². The van der Waals surface area contributed by atoms with E-state index in [0.717, 1.165) is 35.3 Å². The molecule has 130 valence electrons. The first kappa shape index (κ1) is 16.4. The first-order valence-electron chi connectivity index (χ1n) is 8.56. The molecule has 1 aliphatic rings. The molecule has 0 spiro atoms. The van der Waals surface area contributed by atoms with Gasteiger partial charge in [-0.2, -0.15) is 0 Å². The molecule has 0 unspecified atom stereocenters. The molecule has 0 radical (unpaired) electrons. The average molecular weight is 357 g/mol. The van der Waals surface area contributed by atoms with Gasteiger partial charge in [0.25, 0.3) is 0 Å². The van der Waals surface area contributed by atoms with Crippen LogP contribution in [0.15, 0.2) is 51.4 Å². The van der Waals surface area contributed by atoms with E-state index in [2.05, 4.69) is 28.9 Å². The molecule has 0 saturated heterocycles. The molecule has 0 aliphatic heterocycles. The molecule has 3 aromatic rings. The third-order valence-electron chi connectivity index (χ3n) is 4.67. The lowest BCUT2D eigenvalue weighted by Crippen LogP contribution is -2.16. The molecule has 0 bridgehead atoms. The van der Waals surface area contributed by atoms with Gasteiger partial charge < -0.3 is 8.83 Å². The lowest BCUT2D eigenvalue weighted by atomic mass is 10.2. The summed E-state index contributed by atoms with van der Waals surface area (Å²) in [5.74, 6) is 4.93. The van der Waals surface area contributed by atoms with Gasteiger partial charge in [0, 0.05) is 16.5 Å². The normalized spacial score (nSPS) is 19.5. The lowest BCUT2D eigenvalue weighted by Gasteiger charge is -2.12. The number of benzene rings is 1. The summed E-state index contributed by atoms with van der Waals surface area (Å²) < 4.78 is 11.8. The molecule has 4 nitrogen and oxygen atoms in total. The van der Waals surface area contributed by atoms with E-state index in [-0.39, 0.29) is 0 Å². The number of hydrogen-bond acceptors (Lipinski definition) is 4. The Morgan fingerprint density at radius 1 is 1.12 bits per heavy atom. The van der Waals surface area contributed by atoms with Crippen molar-refractivity contribution in [2.75, 3.05) is 7.05 Å². The van der Waals surface area contributed by atoms with E-state index in [1.54, 1.807) is 6.20 Å². The molecule has 2 atom stereocenters. The molecule has 2 heterocycles. The van der Waals surface area contributed by atoms with E-state index in [1.165, 1.54) is 6.42 Å². The summed E-state index contributed by atoms with van der Waals surface area (Å²) in [7, 11) is 2.04. The van der Waals surface area contributed by atoms with Crippen molar-refractivity contribution >= 4 is 11.6 Å². The predicted octanol–water partition coefficient (Wildman–Crippen LogP) is 5.34. The number of furan rings is 1. The van der Waals surface area contributed by atoms with Gasteiger partial charge in [-0.3, -0.25) is 4.90 Å². The molecule has 1 aliphatic carbocycles. The van der Waals surface area contributed by atoms with Crippen LogP contribution in [-0.4, -0.2) is 16.9 Å². The topological polar surface area (TPSA) is 42.4 Å². The van der Waals surface area contributed by atoms with Crippen LogP contribution in [0.25, 0.3) is 11.3 Å². The lowest BCUT2D eigenvalue weighted by molar-refractivity contribution is 0.257. The molecule has 1 aromatic carbocycles. The minimum atomic E-state index is 0.618. The Balaban J connectivity index is 1.37. The number of halogens is 1. The van der Waals surface area contributed by atoms with E-state index in [4.69, 9.17) is 20.4 Å². The maximum atomic E-state index is 5.97. The highest BCUT2D eigenvalue weighted by Crippen LogP contribution is 2.47. The molecule has 25 heavy (non-hydrogen) atoms. The highest BCUT2D eigenvalue weighted by Gasteiger charge is 2.36.